The summed E-state index contributed by atoms with van der Waals surface area (Å²) in [5.41, 5.74) is 0.922. The molecule has 1 aliphatic heterocycles. The second-order valence-corrected chi connectivity index (χ2v) is 7.15. The Bertz CT molecular complexity index is 712. The van der Waals surface area contributed by atoms with Gasteiger partial charge < -0.3 is 4.57 Å². The van der Waals surface area contributed by atoms with Crippen molar-refractivity contribution in [3.63, 3.8) is 0 Å². The van der Waals surface area contributed by atoms with E-state index in [1.54, 1.807) is 28.3 Å². The maximum absolute atomic E-state index is 12.7. The van der Waals surface area contributed by atoms with E-state index in [2.05, 4.69) is 9.97 Å². The maximum atomic E-state index is 12.7. The van der Waals surface area contributed by atoms with Crippen LogP contribution in [0.15, 0.2) is 41.9 Å². The molecule has 1 atom stereocenters. The second-order valence-electron chi connectivity index (χ2n) is 5.31. The Balaban J connectivity index is 1.84. The molecule has 1 saturated heterocycles. The minimum Gasteiger partial charge on any atom is -0.339 e. The van der Waals surface area contributed by atoms with Crippen LogP contribution in [-0.4, -0.2) is 39.8 Å². The number of hydrogen-bond donors (Lipinski definition) is 0. The van der Waals surface area contributed by atoms with Crippen LogP contribution >= 0.6 is 0 Å². The first kappa shape index (κ1) is 14.2. The Morgan fingerprint density at radius 3 is 2.86 bits per heavy atom. The van der Waals surface area contributed by atoms with E-state index in [0.29, 0.717) is 13.0 Å². The molecule has 1 fully saturated rings. The van der Waals surface area contributed by atoms with Gasteiger partial charge in [-0.3, -0.25) is 4.98 Å². The van der Waals surface area contributed by atoms with Gasteiger partial charge in [-0.1, -0.05) is 6.07 Å². The molecule has 2 aromatic heterocycles. The van der Waals surface area contributed by atoms with Crippen molar-refractivity contribution in [3.05, 3.63) is 42.6 Å². The van der Waals surface area contributed by atoms with E-state index in [1.165, 1.54) is 6.33 Å². The highest BCUT2D eigenvalue weighted by atomic mass is 32.2. The Kier molecular flexibility index (Phi) is 3.77. The number of imidazole rings is 1. The highest BCUT2D eigenvalue weighted by Gasteiger charge is 2.36. The molecule has 112 valence electrons. The van der Waals surface area contributed by atoms with E-state index in [4.69, 9.17) is 0 Å². The predicted octanol–water partition coefficient (Wildman–Crippen LogP) is 1.21. The van der Waals surface area contributed by atoms with Crippen LogP contribution in [0.25, 0.3) is 0 Å². The summed E-state index contributed by atoms with van der Waals surface area (Å²) < 4.78 is 28.6. The first-order valence-electron chi connectivity index (χ1n) is 6.97. The van der Waals surface area contributed by atoms with Gasteiger partial charge in [0.15, 0.2) is 5.03 Å². The molecule has 0 amide bonds. The second kappa shape index (κ2) is 5.57. The number of sulfonamides is 1. The molecular formula is C14H18N4O2S. The van der Waals surface area contributed by atoms with Crippen molar-refractivity contribution in [2.75, 3.05) is 6.54 Å². The SMILES string of the molecule is Cn1cnc(S(=O)(=O)N2CCCC2Cc2ccccn2)c1. The zero-order valence-electron chi connectivity index (χ0n) is 11.9. The summed E-state index contributed by atoms with van der Waals surface area (Å²) in [4.78, 5) is 8.29. The third-order valence-corrected chi connectivity index (χ3v) is 5.59. The summed E-state index contributed by atoms with van der Waals surface area (Å²) >= 11 is 0. The normalized spacial score (nSPS) is 20.0. The molecular weight excluding hydrogens is 288 g/mol. The van der Waals surface area contributed by atoms with E-state index < -0.39 is 10.0 Å². The maximum Gasteiger partial charge on any atom is 0.262 e. The van der Waals surface area contributed by atoms with Gasteiger partial charge in [0.2, 0.25) is 0 Å². The Hall–Kier alpha value is -1.73. The molecule has 7 heteroatoms. The van der Waals surface area contributed by atoms with Crippen LogP contribution in [0.5, 0.6) is 0 Å². The minimum atomic E-state index is -3.51. The highest BCUT2D eigenvalue weighted by molar-refractivity contribution is 7.89. The van der Waals surface area contributed by atoms with Crippen molar-refractivity contribution in [3.8, 4) is 0 Å². The van der Waals surface area contributed by atoms with Crippen molar-refractivity contribution < 1.29 is 8.42 Å². The number of hydrogen-bond acceptors (Lipinski definition) is 4. The molecule has 0 saturated carbocycles. The largest absolute Gasteiger partial charge is 0.339 e. The van der Waals surface area contributed by atoms with Crippen LogP contribution in [-0.2, 0) is 23.5 Å². The molecule has 0 aromatic carbocycles. The van der Waals surface area contributed by atoms with Crippen LogP contribution in [0.2, 0.25) is 0 Å². The Morgan fingerprint density at radius 1 is 1.33 bits per heavy atom. The first-order valence-corrected chi connectivity index (χ1v) is 8.41. The third-order valence-electron chi connectivity index (χ3n) is 3.75. The van der Waals surface area contributed by atoms with Gasteiger partial charge in [0.05, 0.1) is 6.33 Å². The number of nitrogens with zero attached hydrogens (tertiary/aromatic N) is 4. The lowest BCUT2D eigenvalue weighted by molar-refractivity contribution is 0.382. The lowest BCUT2D eigenvalue weighted by Crippen LogP contribution is -2.37. The van der Waals surface area contributed by atoms with Crippen LogP contribution < -0.4 is 0 Å². The summed E-state index contributed by atoms with van der Waals surface area (Å²) in [6.45, 7) is 0.552. The molecule has 2 aromatic rings. The summed E-state index contributed by atoms with van der Waals surface area (Å²) in [5, 5.41) is 0.123. The number of aromatic nitrogens is 3. The Labute approximate surface area is 124 Å². The van der Waals surface area contributed by atoms with Crippen molar-refractivity contribution in [1.82, 2.24) is 18.8 Å². The van der Waals surface area contributed by atoms with Crippen LogP contribution in [0.4, 0.5) is 0 Å². The van der Waals surface area contributed by atoms with Crippen LogP contribution in [0.1, 0.15) is 18.5 Å². The zero-order valence-corrected chi connectivity index (χ0v) is 12.7. The topological polar surface area (TPSA) is 68.1 Å². The van der Waals surface area contributed by atoms with Crippen molar-refractivity contribution >= 4 is 10.0 Å². The summed E-state index contributed by atoms with van der Waals surface area (Å²) in [5.74, 6) is 0. The predicted molar refractivity (Wildman–Crippen MR) is 78.1 cm³/mol. The van der Waals surface area contributed by atoms with Gasteiger partial charge in [-0.15, -0.1) is 0 Å². The van der Waals surface area contributed by atoms with Crippen LogP contribution in [0.3, 0.4) is 0 Å². The Morgan fingerprint density at radius 2 is 2.19 bits per heavy atom. The lowest BCUT2D eigenvalue weighted by atomic mass is 10.1. The van der Waals surface area contributed by atoms with Gasteiger partial charge in [-0.2, -0.15) is 4.31 Å². The fourth-order valence-electron chi connectivity index (χ4n) is 2.73. The molecule has 0 bridgehead atoms. The fraction of sp³-hybridized carbons (Fsp3) is 0.429. The number of pyridine rings is 1. The third kappa shape index (κ3) is 2.84. The minimum absolute atomic E-state index is 0.0353. The smallest absolute Gasteiger partial charge is 0.262 e. The lowest BCUT2D eigenvalue weighted by Gasteiger charge is -2.22. The molecule has 1 aliphatic rings. The molecule has 3 rings (SSSR count). The number of rotatable bonds is 4. The van der Waals surface area contributed by atoms with Gasteiger partial charge in [-0.05, 0) is 25.0 Å². The van der Waals surface area contributed by atoms with Gasteiger partial charge in [0.1, 0.15) is 0 Å². The van der Waals surface area contributed by atoms with E-state index >= 15 is 0 Å². The van der Waals surface area contributed by atoms with E-state index in [9.17, 15) is 8.42 Å². The highest BCUT2D eigenvalue weighted by Crippen LogP contribution is 2.27. The van der Waals surface area contributed by atoms with Crippen molar-refractivity contribution in [2.45, 2.75) is 30.3 Å². The van der Waals surface area contributed by atoms with Gasteiger partial charge in [-0.25, -0.2) is 13.4 Å². The first-order chi connectivity index (χ1) is 10.1. The van der Waals surface area contributed by atoms with Crippen molar-refractivity contribution in [1.29, 1.82) is 0 Å². The van der Waals surface area contributed by atoms with Gasteiger partial charge >= 0.3 is 0 Å². The van der Waals surface area contributed by atoms with E-state index in [0.717, 1.165) is 18.5 Å². The summed E-state index contributed by atoms with van der Waals surface area (Å²) in [7, 11) is -1.75. The molecule has 0 spiro atoms. The average Bonchev–Trinajstić information content (AvgIpc) is 3.09. The van der Waals surface area contributed by atoms with E-state index in [1.807, 2.05) is 18.2 Å². The summed E-state index contributed by atoms with van der Waals surface area (Å²) in [6.07, 6.45) is 7.18. The molecule has 21 heavy (non-hydrogen) atoms. The monoisotopic (exact) mass is 306 g/mol. The average molecular weight is 306 g/mol. The van der Waals surface area contributed by atoms with Crippen LogP contribution in [0, 0.1) is 0 Å². The molecule has 1 unspecified atom stereocenters. The molecule has 0 radical (unpaired) electrons. The standard InChI is InChI=1S/C14H18N4O2S/c1-17-10-14(16-11-17)21(19,20)18-8-4-6-13(18)9-12-5-2-3-7-15-12/h2-3,5,7,10-11,13H,4,6,8-9H2,1H3. The summed E-state index contributed by atoms with van der Waals surface area (Å²) in [6, 6.07) is 5.69. The van der Waals surface area contributed by atoms with Crippen molar-refractivity contribution in [2.24, 2.45) is 7.05 Å². The molecule has 0 aliphatic carbocycles. The zero-order chi connectivity index (χ0) is 14.9. The molecule has 6 nitrogen and oxygen atoms in total. The number of aryl methyl sites for hydroxylation is 1. The fourth-order valence-corrected chi connectivity index (χ4v) is 4.39. The molecule has 3 heterocycles. The van der Waals surface area contributed by atoms with Gasteiger partial charge in [0.25, 0.3) is 10.0 Å². The molecule has 0 N–H and O–H groups in total. The van der Waals surface area contributed by atoms with E-state index in [-0.39, 0.29) is 11.1 Å². The quantitative estimate of drug-likeness (QED) is 0.851. The van der Waals surface area contributed by atoms with Gasteiger partial charge in [0, 0.05) is 44.1 Å².